The molecule has 0 saturated carbocycles. The van der Waals surface area contributed by atoms with Gasteiger partial charge in [0, 0.05) is 12.2 Å². The molecule has 5 heteroatoms. The molecule has 21 heavy (non-hydrogen) atoms. The van der Waals surface area contributed by atoms with Gasteiger partial charge < -0.3 is 20.3 Å². The minimum absolute atomic E-state index is 0.152. The van der Waals surface area contributed by atoms with Crippen molar-refractivity contribution < 1.29 is 9.53 Å². The molecule has 2 rings (SSSR count). The Kier molecular flexibility index (Phi) is 6.34. The van der Waals surface area contributed by atoms with E-state index in [2.05, 4.69) is 15.5 Å². The SMILES string of the molecule is COc1ccc(NC(=O)NCCCCN2CCCC2)cc1. The average Bonchev–Trinajstić information content (AvgIpc) is 3.01. The predicted molar refractivity (Wildman–Crippen MR) is 84.9 cm³/mol. The molecule has 116 valence electrons. The number of hydrogen-bond donors (Lipinski definition) is 2. The lowest BCUT2D eigenvalue weighted by molar-refractivity contribution is 0.251. The molecule has 2 N–H and O–H groups in total. The van der Waals surface area contributed by atoms with Crippen molar-refractivity contribution in [1.82, 2.24) is 10.2 Å². The molecule has 1 saturated heterocycles. The van der Waals surface area contributed by atoms with Gasteiger partial charge in [-0.15, -0.1) is 0 Å². The summed E-state index contributed by atoms with van der Waals surface area (Å²) in [5.41, 5.74) is 0.769. The molecule has 1 heterocycles. The summed E-state index contributed by atoms with van der Waals surface area (Å²) in [5, 5.41) is 5.69. The zero-order valence-electron chi connectivity index (χ0n) is 12.7. The number of nitrogens with one attached hydrogen (secondary N) is 2. The number of benzene rings is 1. The quantitative estimate of drug-likeness (QED) is 0.759. The highest BCUT2D eigenvalue weighted by Gasteiger charge is 2.10. The third-order valence-corrected chi connectivity index (χ3v) is 3.73. The van der Waals surface area contributed by atoms with Crippen LogP contribution in [-0.4, -0.2) is 44.2 Å². The van der Waals surface area contributed by atoms with Crippen LogP contribution in [0, 0.1) is 0 Å². The number of amides is 2. The molecular weight excluding hydrogens is 266 g/mol. The number of ether oxygens (including phenoxy) is 1. The zero-order chi connectivity index (χ0) is 14.9. The maximum absolute atomic E-state index is 11.7. The second-order valence-corrected chi connectivity index (χ2v) is 5.37. The van der Waals surface area contributed by atoms with Crippen LogP contribution in [0.25, 0.3) is 0 Å². The Hall–Kier alpha value is -1.75. The molecule has 2 amide bonds. The zero-order valence-corrected chi connectivity index (χ0v) is 12.7. The Morgan fingerprint density at radius 2 is 1.90 bits per heavy atom. The number of methoxy groups -OCH3 is 1. The largest absolute Gasteiger partial charge is 0.497 e. The van der Waals surface area contributed by atoms with Crippen LogP contribution in [0.5, 0.6) is 5.75 Å². The second kappa shape index (κ2) is 8.52. The first-order chi connectivity index (χ1) is 10.3. The summed E-state index contributed by atoms with van der Waals surface area (Å²) < 4.78 is 5.08. The van der Waals surface area contributed by atoms with E-state index >= 15 is 0 Å². The van der Waals surface area contributed by atoms with Crippen LogP contribution in [0.4, 0.5) is 10.5 Å². The van der Waals surface area contributed by atoms with E-state index in [0.29, 0.717) is 0 Å². The van der Waals surface area contributed by atoms with E-state index in [1.165, 1.54) is 25.9 Å². The summed E-state index contributed by atoms with van der Waals surface area (Å²) in [6.07, 6.45) is 4.83. The van der Waals surface area contributed by atoms with Crippen molar-refractivity contribution >= 4 is 11.7 Å². The minimum Gasteiger partial charge on any atom is -0.497 e. The van der Waals surface area contributed by atoms with Crippen molar-refractivity contribution in [2.24, 2.45) is 0 Å². The number of hydrogen-bond acceptors (Lipinski definition) is 3. The van der Waals surface area contributed by atoms with Crippen molar-refractivity contribution in [1.29, 1.82) is 0 Å². The molecule has 0 atom stereocenters. The van der Waals surface area contributed by atoms with Crippen molar-refractivity contribution in [3.8, 4) is 5.75 Å². The summed E-state index contributed by atoms with van der Waals surface area (Å²) in [6, 6.07) is 7.15. The van der Waals surface area contributed by atoms with Gasteiger partial charge in [-0.3, -0.25) is 0 Å². The number of urea groups is 1. The van der Waals surface area contributed by atoms with Crippen LogP contribution in [0.2, 0.25) is 0 Å². The van der Waals surface area contributed by atoms with E-state index in [9.17, 15) is 4.79 Å². The Balaban J connectivity index is 1.56. The van der Waals surface area contributed by atoms with Crippen LogP contribution in [-0.2, 0) is 0 Å². The van der Waals surface area contributed by atoms with Gasteiger partial charge in [0.05, 0.1) is 7.11 Å². The Labute approximate surface area is 126 Å². The monoisotopic (exact) mass is 291 g/mol. The van der Waals surface area contributed by atoms with E-state index in [1.807, 2.05) is 24.3 Å². The first-order valence-electron chi connectivity index (χ1n) is 7.69. The van der Waals surface area contributed by atoms with Crippen molar-refractivity contribution in [3.05, 3.63) is 24.3 Å². The maximum Gasteiger partial charge on any atom is 0.319 e. The molecule has 1 aliphatic rings. The molecule has 0 aromatic heterocycles. The van der Waals surface area contributed by atoms with E-state index in [0.717, 1.165) is 37.4 Å². The van der Waals surface area contributed by atoms with Gasteiger partial charge in [-0.1, -0.05) is 0 Å². The Morgan fingerprint density at radius 1 is 1.19 bits per heavy atom. The summed E-state index contributed by atoms with van der Waals surface area (Å²) in [5.74, 6) is 0.780. The fourth-order valence-corrected chi connectivity index (χ4v) is 2.52. The normalized spacial score (nSPS) is 14.9. The lowest BCUT2D eigenvalue weighted by Crippen LogP contribution is -2.30. The molecule has 1 aromatic rings. The molecule has 1 aliphatic heterocycles. The molecule has 0 radical (unpaired) electrons. The van der Waals surface area contributed by atoms with Gasteiger partial charge >= 0.3 is 6.03 Å². The highest BCUT2D eigenvalue weighted by Crippen LogP contribution is 2.14. The van der Waals surface area contributed by atoms with Crippen LogP contribution < -0.4 is 15.4 Å². The van der Waals surface area contributed by atoms with E-state index in [1.54, 1.807) is 7.11 Å². The fourth-order valence-electron chi connectivity index (χ4n) is 2.52. The standard InChI is InChI=1S/C16H25N3O2/c1-21-15-8-6-14(7-9-15)18-16(20)17-10-2-3-11-19-12-4-5-13-19/h6-9H,2-5,10-13H2,1H3,(H2,17,18,20). The van der Waals surface area contributed by atoms with Gasteiger partial charge in [0.25, 0.3) is 0 Å². The third kappa shape index (κ3) is 5.63. The van der Waals surface area contributed by atoms with Gasteiger partial charge in [-0.25, -0.2) is 4.79 Å². The van der Waals surface area contributed by atoms with Gasteiger partial charge in [0.2, 0.25) is 0 Å². The Morgan fingerprint density at radius 3 is 2.57 bits per heavy atom. The predicted octanol–water partition coefficient (Wildman–Crippen LogP) is 2.69. The van der Waals surface area contributed by atoms with E-state index in [4.69, 9.17) is 4.74 Å². The smallest absolute Gasteiger partial charge is 0.319 e. The Bertz CT molecular complexity index is 428. The topological polar surface area (TPSA) is 53.6 Å². The van der Waals surface area contributed by atoms with Crippen LogP contribution in [0.1, 0.15) is 25.7 Å². The van der Waals surface area contributed by atoms with Crippen LogP contribution in [0.15, 0.2) is 24.3 Å². The van der Waals surface area contributed by atoms with Crippen molar-refractivity contribution in [3.63, 3.8) is 0 Å². The average molecular weight is 291 g/mol. The second-order valence-electron chi connectivity index (χ2n) is 5.37. The summed E-state index contributed by atoms with van der Waals surface area (Å²) >= 11 is 0. The van der Waals surface area contributed by atoms with Gasteiger partial charge in [-0.05, 0) is 69.6 Å². The number of unbranched alkanes of at least 4 members (excludes halogenated alkanes) is 1. The summed E-state index contributed by atoms with van der Waals surface area (Å²) in [4.78, 5) is 14.2. The summed E-state index contributed by atoms with van der Waals surface area (Å²) in [6.45, 7) is 4.36. The number of rotatable bonds is 7. The molecular formula is C16H25N3O2. The van der Waals surface area contributed by atoms with Crippen molar-refractivity contribution in [2.75, 3.05) is 38.6 Å². The molecule has 0 unspecified atom stereocenters. The van der Waals surface area contributed by atoms with Crippen molar-refractivity contribution in [2.45, 2.75) is 25.7 Å². The number of nitrogens with zero attached hydrogens (tertiary/aromatic N) is 1. The minimum atomic E-state index is -0.152. The molecule has 5 nitrogen and oxygen atoms in total. The fraction of sp³-hybridized carbons (Fsp3) is 0.562. The molecule has 0 spiro atoms. The number of carbonyl (C=O) groups excluding carboxylic acids is 1. The first kappa shape index (κ1) is 15.6. The maximum atomic E-state index is 11.7. The third-order valence-electron chi connectivity index (χ3n) is 3.73. The molecule has 0 aliphatic carbocycles. The van der Waals surface area contributed by atoms with Gasteiger partial charge in [0.1, 0.15) is 5.75 Å². The highest BCUT2D eigenvalue weighted by atomic mass is 16.5. The van der Waals surface area contributed by atoms with Crippen LogP contribution in [0.3, 0.4) is 0 Å². The van der Waals surface area contributed by atoms with E-state index in [-0.39, 0.29) is 6.03 Å². The molecule has 1 fully saturated rings. The number of likely N-dealkylation sites (tertiary alicyclic amines) is 1. The van der Waals surface area contributed by atoms with Gasteiger partial charge in [-0.2, -0.15) is 0 Å². The first-order valence-corrected chi connectivity index (χ1v) is 7.69. The lowest BCUT2D eigenvalue weighted by Gasteiger charge is -2.14. The number of carbonyl (C=O) groups is 1. The molecule has 1 aromatic carbocycles. The molecule has 0 bridgehead atoms. The summed E-state index contributed by atoms with van der Waals surface area (Å²) in [7, 11) is 1.62. The number of anilines is 1. The lowest BCUT2D eigenvalue weighted by atomic mass is 10.3. The van der Waals surface area contributed by atoms with E-state index < -0.39 is 0 Å². The van der Waals surface area contributed by atoms with Crippen LogP contribution >= 0.6 is 0 Å². The van der Waals surface area contributed by atoms with Gasteiger partial charge in [0.15, 0.2) is 0 Å². The highest BCUT2D eigenvalue weighted by molar-refractivity contribution is 5.89.